The third-order valence-electron chi connectivity index (χ3n) is 4.21. The van der Waals surface area contributed by atoms with Gasteiger partial charge in [0.2, 0.25) is 0 Å². The highest BCUT2D eigenvalue weighted by Gasteiger charge is 2.19. The molecule has 1 heterocycles. The zero-order valence-electron chi connectivity index (χ0n) is 15.3. The standard InChI is InChI=1S/C20H17N3O5/c1-12-16-8-3-4-9-17(16)21-13(2)19(12)20(25)28-11-18(24)22-14-6-5-7-15(10-14)23(26)27/h3-10H,11H2,1-2H3,(H,22,24). The van der Waals surface area contributed by atoms with Crippen molar-refractivity contribution in [3.05, 3.63) is 75.5 Å². The SMILES string of the molecule is Cc1nc2ccccc2c(C)c1C(=O)OCC(=O)Nc1cccc([N+](=O)[O-])c1. The minimum absolute atomic E-state index is 0.150. The summed E-state index contributed by atoms with van der Waals surface area (Å²) in [5.74, 6) is -1.25. The Bertz CT molecular complexity index is 1090. The first-order chi connectivity index (χ1) is 13.4. The van der Waals surface area contributed by atoms with Gasteiger partial charge in [-0.05, 0) is 31.5 Å². The molecule has 0 aliphatic rings. The van der Waals surface area contributed by atoms with E-state index in [9.17, 15) is 19.7 Å². The van der Waals surface area contributed by atoms with E-state index in [-0.39, 0.29) is 11.4 Å². The fraction of sp³-hybridized carbons (Fsp3) is 0.150. The van der Waals surface area contributed by atoms with Crippen molar-refractivity contribution in [2.24, 2.45) is 0 Å². The number of hydrogen-bond donors (Lipinski definition) is 1. The van der Waals surface area contributed by atoms with E-state index in [1.54, 1.807) is 13.8 Å². The Balaban J connectivity index is 1.70. The number of nitro groups is 1. The van der Waals surface area contributed by atoms with Crippen LogP contribution < -0.4 is 5.32 Å². The maximum Gasteiger partial charge on any atom is 0.340 e. The van der Waals surface area contributed by atoms with Crippen LogP contribution in [-0.2, 0) is 9.53 Å². The number of hydrogen-bond acceptors (Lipinski definition) is 6. The van der Waals surface area contributed by atoms with Crippen molar-refractivity contribution in [1.29, 1.82) is 0 Å². The Hall–Kier alpha value is -3.81. The van der Waals surface area contributed by atoms with E-state index < -0.39 is 23.4 Å². The first-order valence-electron chi connectivity index (χ1n) is 8.44. The molecule has 0 atom stereocenters. The molecule has 1 N–H and O–H groups in total. The topological polar surface area (TPSA) is 111 Å². The second-order valence-corrected chi connectivity index (χ2v) is 6.15. The molecule has 3 rings (SSSR count). The number of para-hydroxylation sites is 1. The Kier molecular flexibility index (Phi) is 5.30. The molecule has 0 saturated heterocycles. The van der Waals surface area contributed by atoms with Crippen molar-refractivity contribution in [2.45, 2.75) is 13.8 Å². The fourth-order valence-corrected chi connectivity index (χ4v) is 2.93. The molecule has 0 spiro atoms. The van der Waals surface area contributed by atoms with Crippen molar-refractivity contribution < 1.29 is 19.2 Å². The van der Waals surface area contributed by atoms with Gasteiger partial charge in [-0.2, -0.15) is 0 Å². The highest BCUT2D eigenvalue weighted by Crippen LogP contribution is 2.23. The van der Waals surface area contributed by atoms with Crippen LogP contribution in [0.15, 0.2) is 48.5 Å². The lowest BCUT2D eigenvalue weighted by atomic mass is 10.0. The minimum Gasteiger partial charge on any atom is -0.452 e. The molecule has 2 aromatic carbocycles. The van der Waals surface area contributed by atoms with E-state index in [1.165, 1.54) is 24.3 Å². The van der Waals surface area contributed by atoms with Crippen LogP contribution in [0, 0.1) is 24.0 Å². The van der Waals surface area contributed by atoms with Gasteiger partial charge in [0, 0.05) is 23.2 Å². The van der Waals surface area contributed by atoms with E-state index in [1.807, 2.05) is 24.3 Å². The number of ether oxygens (including phenoxy) is 1. The Morgan fingerprint density at radius 2 is 1.89 bits per heavy atom. The number of esters is 1. The van der Waals surface area contributed by atoms with Crippen LogP contribution in [-0.4, -0.2) is 28.4 Å². The van der Waals surface area contributed by atoms with E-state index in [0.29, 0.717) is 11.3 Å². The summed E-state index contributed by atoms with van der Waals surface area (Å²) in [4.78, 5) is 39.2. The van der Waals surface area contributed by atoms with Gasteiger partial charge in [0.25, 0.3) is 11.6 Å². The number of aryl methyl sites for hydroxylation is 2. The van der Waals surface area contributed by atoms with Gasteiger partial charge >= 0.3 is 5.97 Å². The van der Waals surface area contributed by atoms with E-state index in [4.69, 9.17) is 4.74 Å². The molecule has 0 fully saturated rings. The molecule has 0 bridgehead atoms. The Labute approximate surface area is 160 Å². The van der Waals surface area contributed by atoms with Crippen LogP contribution in [0.25, 0.3) is 10.9 Å². The second kappa shape index (κ2) is 7.83. The molecular formula is C20H17N3O5. The van der Waals surface area contributed by atoms with Crippen molar-refractivity contribution in [3.63, 3.8) is 0 Å². The molecule has 1 aromatic heterocycles. The van der Waals surface area contributed by atoms with E-state index >= 15 is 0 Å². The van der Waals surface area contributed by atoms with Crippen LogP contribution in [0.3, 0.4) is 0 Å². The number of rotatable bonds is 5. The summed E-state index contributed by atoms with van der Waals surface area (Å²) in [6, 6.07) is 12.9. The van der Waals surface area contributed by atoms with Crippen molar-refractivity contribution >= 4 is 34.2 Å². The van der Waals surface area contributed by atoms with Crippen molar-refractivity contribution in [1.82, 2.24) is 4.98 Å². The molecule has 0 unspecified atom stereocenters. The normalized spacial score (nSPS) is 10.5. The number of pyridine rings is 1. The number of non-ortho nitro benzene ring substituents is 1. The number of carbonyl (C=O) groups is 2. The van der Waals surface area contributed by atoms with Gasteiger partial charge in [0.15, 0.2) is 6.61 Å². The van der Waals surface area contributed by atoms with Gasteiger partial charge < -0.3 is 10.1 Å². The predicted octanol–water partition coefficient (Wildman–Crippen LogP) is 3.56. The lowest BCUT2D eigenvalue weighted by Gasteiger charge is -2.12. The molecule has 0 radical (unpaired) electrons. The van der Waals surface area contributed by atoms with Crippen LogP contribution in [0.2, 0.25) is 0 Å². The third kappa shape index (κ3) is 3.96. The van der Waals surface area contributed by atoms with Gasteiger partial charge in [-0.25, -0.2) is 4.79 Å². The molecule has 142 valence electrons. The number of nitrogens with one attached hydrogen (secondary N) is 1. The maximum atomic E-state index is 12.5. The lowest BCUT2D eigenvalue weighted by molar-refractivity contribution is -0.384. The summed E-state index contributed by atoms with van der Waals surface area (Å²) in [6.07, 6.45) is 0. The lowest BCUT2D eigenvalue weighted by Crippen LogP contribution is -2.22. The highest BCUT2D eigenvalue weighted by atomic mass is 16.6. The van der Waals surface area contributed by atoms with Gasteiger partial charge in [-0.3, -0.25) is 19.9 Å². The third-order valence-corrected chi connectivity index (χ3v) is 4.21. The molecule has 3 aromatic rings. The van der Waals surface area contributed by atoms with E-state index in [2.05, 4.69) is 10.3 Å². The minimum atomic E-state index is -0.651. The molecule has 0 saturated carbocycles. The zero-order valence-corrected chi connectivity index (χ0v) is 15.3. The summed E-state index contributed by atoms with van der Waals surface area (Å²) in [5, 5.41) is 14.1. The van der Waals surface area contributed by atoms with Crippen LogP contribution in [0.5, 0.6) is 0 Å². The fourth-order valence-electron chi connectivity index (χ4n) is 2.93. The number of fused-ring (bicyclic) bond motifs is 1. The smallest absolute Gasteiger partial charge is 0.340 e. The monoisotopic (exact) mass is 379 g/mol. The van der Waals surface area contributed by atoms with Crippen molar-refractivity contribution in [2.75, 3.05) is 11.9 Å². The number of amides is 1. The first kappa shape index (κ1) is 19.0. The molecule has 8 nitrogen and oxygen atoms in total. The predicted molar refractivity (Wildman–Crippen MR) is 103 cm³/mol. The van der Waals surface area contributed by atoms with E-state index in [0.717, 1.165) is 16.5 Å². The van der Waals surface area contributed by atoms with Crippen molar-refractivity contribution in [3.8, 4) is 0 Å². The maximum absolute atomic E-state index is 12.5. The first-order valence-corrected chi connectivity index (χ1v) is 8.44. The number of nitro benzene ring substituents is 1. The number of anilines is 1. The molecule has 8 heteroatoms. The number of aromatic nitrogens is 1. The number of nitrogens with zero attached hydrogens (tertiary/aromatic N) is 2. The number of benzene rings is 2. The molecule has 1 amide bonds. The zero-order chi connectivity index (χ0) is 20.3. The summed E-state index contributed by atoms with van der Waals surface area (Å²) in [5.41, 5.74) is 2.44. The summed E-state index contributed by atoms with van der Waals surface area (Å²) in [7, 11) is 0. The summed E-state index contributed by atoms with van der Waals surface area (Å²) >= 11 is 0. The Morgan fingerprint density at radius 3 is 2.64 bits per heavy atom. The van der Waals surface area contributed by atoms with Crippen LogP contribution >= 0.6 is 0 Å². The van der Waals surface area contributed by atoms with Gasteiger partial charge in [-0.15, -0.1) is 0 Å². The average molecular weight is 379 g/mol. The number of carbonyl (C=O) groups excluding carboxylic acids is 2. The average Bonchev–Trinajstić information content (AvgIpc) is 2.66. The molecular weight excluding hydrogens is 362 g/mol. The molecule has 0 aliphatic carbocycles. The van der Waals surface area contributed by atoms with Crippen LogP contribution in [0.4, 0.5) is 11.4 Å². The Morgan fingerprint density at radius 1 is 1.14 bits per heavy atom. The summed E-state index contributed by atoms with van der Waals surface area (Å²) < 4.78 is 5.13. The van der Waals surface area contributed by atoms with Crippen LogP contribution in [0.1, 0.15) is 21.6 Å². The summed E-state index contributed by atoms with van der Waals surface area (Å²) in [6.45, 7) is 2.99. The molecule has 0 aliphatic heterocycles. The van der Waals surface area contributed by atoms with Gasteiger partial charge in [0.05, 0.1) is 21.7 Å². The molecule has 28 heavy (non-hydrogen) atoms. The quantitative estimate of drug-likeness (QED) is 0.412. The van der Waals surface area contributed by atoms with Gasteiger partial charge in [0.1, 0.15) is 0 Å². The van der Waals surface area contributed by atoms with Gasteiger partial charge in [-0.1, -0.05) is 24.3 Å². The highest BCUT2D eigenvalue weighted by molar-refractivity contribution is 6.00. The largest absolute Gasteiger partial charge is 0.452 e. The second-order valence-electron chi connectivity index (χ2n) is 6.15.